The minimum atomic E-state index is -0.445. The second-order valence-electron chi connectivity index (χ2n) is 5.14. The molecule has 0 aliphatic heterocycles. The number of carbonyl (C=O) groups excluding carboxylic acids is 1. The fourth-order valence-electron chi connectivity index (χ4n) is 1.64. The molecule has 0 amide bonds. The Balaban J connectivity index is 3.31. The van der Waals surface area contributed by atoms with Crippen molar-refractivity contribution in [3.05, 3.63) is 35.9 Å². The van der Waals surface area contributed by atoms with Crippen molar-refractivity contribution in [2.75, 3.05) is 14.2 Å². The van der Waals surface area contributed by atoms with Gasteiger partial charge in [-0.15, -0.1) is 0 Å². The highest BCUT2D eigenvalue weighted by molar-refractivity contribution is 6.16. The van der Waals surface area contributed by atoms with Crippen LogP contribution in [0.15, 0.2) is 24.8 Å². The zero-order valence-corrected chi connectivity index (χ0v) is 11.7. The molecule has 0 N–H and O–H groups in total. The molecule has 0 spiro atoms. The van der Waals surface area contributed by atoms with E-state index in [-0.39, 0.29) is 5.41 Å². The first kappa shape index (κ1) is 14.3. The molecule has 3 heteroatoms. The maximum atomic E-state index is 11.6. The van der Waals surface area contributed by atoms with E-state index in [9.17, 15) is 4.79 Å². The molecule has 3 nitrogen and oxygen atoms in total. The van der Waals surface area contributed by atoms with Crippen LogP contribution in [0.1, 0.15) is 31.9 Å². The number of methoxy groups -OCH3 is 2. The van der Waals surface area contributed by atoms with Crippen molar-refractivity contribution in [3.8, 4) is 5.75 Å². The van der Waals surface area contributed by atoms with E-state index in [0.717, 1.165) is 5.56 Å². The summed E-state index contributed by atoms with van der Waals surface area (Å²) >= 11 is 0. The van der Waals surface area contributed by atoms with Crippen LogP contribution in [0, 0.1) is 0 Å². The summed E-state index contributed by atoms with van der Waals surface area (Å²) in [5, 5.41) is 0. The summed E-state index contributed by atoms with van der Waals surface area (Å²) < 4.78 is 9.96. The maximum absolute atomic E-state index is 11.6. The van der Waals surface area contributed by atoms with E-state index in [2.05, 4.69) is 27.4 Å². The predicted molar refractivity (Wildman–Crippen MR) is 72.7 cm³/mol. The molecule has 0 atom stereocenters. The summed E-state index contributed by atoms with van der Waals surface area (Å²) in [5.41, 5.74) is 2.10. The number of esters is 1. The highest BCUT2D eigenvalue weighted by atomic mass is 16.5. The molecule has 98 valence electrons. The van der Waals surface area contributed by atoms with Crippen LogP contribution in [0.3, 0.4) is 0 Å². The van der Waals surface area contributed by atoms with Crippen molar-refractivity contribution in [2.45, 2.75) is 26.2 Å². The molecular weight excluding hydrogens is 228 g/mol. The van der Waals surface area contributed by atoms with Gasteiger partial charge in [0, 0.05) is 5.56 Å². The van der Waals surface area contributed by atoms with Gasteiger partial charge >= 0.3 is 5.97 Å². The lowest BCUT2D eigenvalue weighted by Crippen LogP contribution is -2.12. The maximum Gasteiger partial charge on any atom is 0.337 e. The molecule has 0 bridgehead atoms. The molecule has 0 aromatic heterocycles. The monoisotopic (exact) mass is 248 g/mol. The molecule has 18 heavy (non-hydrogen) atoms. The van der Waals surface area contributed by atoms with Crippen LogP contribution in [0.2, 0.25) is 0 Å². The Hall–Kier alpha value is -1.77. The van der Waals surface area contributed by atoms with Gasteiger partial charge in [0.15, 0.2) is 0 Å². The van der Waals surface area contributed by atoms with Crippen LogP contribution in [0.25, 0.3) is 5.57 Å². The summed E-state index contributed by atoms with van der Waals surface area (Å²) in [4.78, 5) is 11.6. The number of benzene rings is 1. The summed E-state index contributed by atoms with van der Waals surface area (Å²) in [6.45, 7) is 10.1. The first-order valence-corrected chi connectivity index (χ1v) is 5.77. The van der Waals surface area contributed by atoms with Crippen molar-refractivity contribution < 1.29 is 14.3 Å². The van der Waals surface area contributed by atoms with Crippen LogP contribution in [-0.2, 0) is 14.9 Å². The van der Waals surface area contributed by atoms with E-state index in [4.69, 9.17) is 9.47 Å². The van der Waals surface area contributed by atoms with Crippen LogP contribution in [0.5, 0.6) is 5.75 Å². The standard InChI is InChI=1S/C15H20O3/c1-10(14(16)18-6)12-9-11(15(2,3)4)7-8-13(12)17-5/h7-9H,1H2,2-6H3. The fourth-order valence-corrected chi connectivity index (χ4v) is 1.64. The molecule has 1 rings (SSSR count). The molecule has 1 aromatic rings. The fraction of sp³-hybridized carbons (Fsp3) is 0.400. The van der Waals surface area contributed by atoms with Crippen molar-refractivity contribution in [1.29, 1.82) is 0 Å². The number of rotatable bonds is 3. The third kappa shape index (κ3) is 2.92. The average molecular weight is 248 g/mol. The number of ether oxygens (including phenoxy) is 2. The molecule has 0 aliphatic carbocycles. The smallest absolute Gasteiger partial charge is 0.337 e. The Bertz CT molecular complexity index is 467. The van der Waals surface area contributed by atoms with Gasteiger partial charge < -0.3 is 9.47 Å². The van der Waals surface area contributed by atoms with Gasteiger partial charge in [0.25, 0.3) is 0 Å². The van der Waals surface area contributed by atoms with E-state index in [0.29, 0.717) is 16.9 Å². The number of hydrogen-bond acceptors (Lipinski definition) is 3. The zero-order valence-electron chi connectivity index (χ0n) is 11.7. The van der Waals surface area contributed by atoms with E-state index < -0.39 is 5.97 Å². The predicted octanol–water partition coefficient (Wildman–Crippen LogP) is 3.18. The molecule has 0 unspecified atom stereocenters. The minimum Gasteiger partial charge on any atom is -0.496 e. The molecule has 0 aliphatic rings. The molecule has 0 saturated heterocycles. The highest BCUT2D eigenvalue weighted by Gasteiger charge is 2.19. The number of carbonyl (C=O) groups is 1. The van der Waals surface area contributed by atoms with Crippen LogP contribution in [-0.4, -0.2) is 20.2 Å². The Kier molecular flexibility index (Phi) is 4.17. The largest absolute Gasteiger partial charge is 0.496 e. The van der Waals surface area contributed by atoms with Crippen molar-refractivity contribution >= 4 is 11.5 Å². The zero-order chi connectivity index (χ0) is 13.9. The van der Waals surface area contributed by atoms with E-state index >= 15 is 0 Å². The lowest BCUT2D eigenvalue weighted by atomic mass is 9.85. The van der Waals surface area contributed by atoms with Gasteiger partial charge in [0.1, 0.15) is 5.75 Å². The second kappa shape index (κ2) is 5.25. The molecule has 0 heterocycles. The Labute approximate surface area is 108 Å². The van der Waals surface area contributed by atoms with Crippen LogP contribution >= 0.6 is 0 Å². The van der Waals surface area contributed by atoms with Gasteiger partial charge in [-0.1, -0.05) is 33.4 Å². The van der Waals surface area contributed by atoms with Crippen molar-refractivity contribution in [2.24, 2.45) is 0 Å². The van der Waals surface area contributed by atoms with Gasteiger partial charge in [-0.2, -0.15) is 0 Å². The summed E-state index contributed by atoms with van der Waals surface area (Å²) in [5.74, 6) is 0.178. The molecule has 0 fully saturated rings. The van der Waals surface area contributed by atoms with E-state index in [1.165, 1.54) is 7.11 Å². The van der Waals surface area contributed by atoms with E-state index in [1.54, 1.807) is 7.11 Å². The Morgan fingerprint density at radius 1 is 1.22 bits per heavy atom. The Morgan fingerprint density at radius 3 is 2.28 bits per heavy atom. The van der Waals surface area contributed by atoms with Gasteiger partial charge in [-0.25, -0.2) is 4.79 Å². The first-order valence-electron chi connectivity index (χ1n) is 5.77. The number of hydrogen-bond donors (Lipinski definition) is 0. The van der Waals surface area contributed by atoms with Gasteiger partial charge in [0.05, 0.1) is 19.8 Å². The summed E-state index contributed by atoms with van der Waals surface area (Å²) in [7, 11) is 2.91. The summed E-state index contributed by atoms with van der Waals surface area (Å²) in [6.07, 6.45) is 0. The molecule has 1 aromatic carbocycles. The SMILES string of the molecule is C=C(C(=O)OC)c1cc(C(C)(C)C)ccc1OC. The normalized spacial score (nSPS) is 10.9. The topological polar surface area (TPSA) is 35.5 Å². The van der Waals surface area contributed by atoms with E-state index in [1.807, 2.05) is 18.2 Å². The quantitative estimate of drug-likeness (QED) is 0.609. The minimum absolute atomic E-state index is 0.00256. The molecule has 0 radical (unpaired) electrons. The lowest BCUT2D eigenvalue weighted by molar-refractivity contribution is -0.133. The van der Waals surface area contributed by atoms with Crippen molar-refractivity contribution in [1.82, 2.24) is 0 Å². The third-order valence-corrected chi connectivity index (χ3v) is 2.82. The summed E-state index contributed by atoms with van der Waals surface area (Å²) in [6, 6.07) is 5.77. The third-order valence-electron chi connectivity index (χ3n) is 2.82. The van der Waals surface area contributed by atoms with Gasteiger partial charge in [0.2, 0.25) is 0 Å². The second-order valence-corrected chi connectivity index (χ2v) is 5.14. The lowest BCUT2D eigenvalue weighted by Gasteiger charge is -2.21. The average Bonchev–Trinajstić information content (AvgIpc) is 2.35. The van der Waals surface area contributed by atoms with Gasteiger partial charge in [-0.05, 0) is 23.1 Å². The van der Waals surface area contributed by atoms with Crippen LogP contribution in [0.4, 0.5) is 0 Å². The van der Waals surface area contributed by atoms with Crippen LogP contribution < -0.4 is 4.74 Å². The first-order chi connectivity index (χ1) is 8.31. The molecule has 0 saturated carbocycles. The van der Waals surface area contributed by atoms with Crippen molar-refractivity contribution in [3.63, 3.8) is 0 Å². The van der Waals surface area contributed by atoms with Gasteiger partial charge in [-0.3, -0.25) is 0 Å². The highest BCUT2D eigenvalue weighted by Crippen LogP contribution is 2.31. The Morgan fingerprint density at radius 2 is 1.83 bits per heavy atom. The molecular formula is C15H20O3.